The van der Waals surface area contributed by atoms with E-state index in [9.17, 15) is 0 Å². The summed E-state index contributed by atoms with van der Waals surface area (Å²) in [5.74, 6) is 0. The molecule has 0 aromatic heterocycles. The van der Waals surface area contributed by atoms with Crippen molar-refractivity contribution in [2.45, 2.75) is 0 Å². The molecule has 0 heterocycles. The van der Waals surface area contributed by atoms with Crippen LogP contribution in [0.5, 0.6) is 0 Å². The van der Waals surface area contributed by atoms with Gasteiger partial charge in [-0.15, -0.1) is 0 Å². The van der Waals surface area contributed by atoms with Crippen molar-refractivity contribution in [2.75, 3.05) is 26.0 Å². The number of hydrogen-bond donors (Lipinski definition) is 1. The fourth-order valence-corrected chi connectivity index (χ4v) is 1.39. The van der Waals surface area contributed by atoms with Crippen LogP contribution in [0.4, 0.5) is 5.69 Å². The number of hydrogen-bond acceptors (Lipinski definition) is 2. The minimum Gasteiger partial charge on any atom is -0.349 e. The molecule has 1 aromatic carbocycles. The molecule has 0 radical (unpaired) electrons. The van der Waals surface area contributed by atoms with Crippen LogP contribution in [-0.2, 0) is 0 Å². The molecule has 0 aliphatic heterocycles. The fraction of sp³-hybridized carbons (Fsp3) is 0.300. The van der Waals surface area contributed by atoms with Gasteiger partial charge < -0.3 is 10.2 Å². The predicted octanol–water partition coefficient (Wildman–Crippen LogP) is 1.99. The summed E-state index contributed by atoms with van der Waals surface area (Å²) in [6.45, 7) is 0.782. The lowest BCUT2D eigenvalue weighted by Gasteiger charge is -2.12. The second kappa shape index (κ2) is 4.94. The highest BCUT2D eigenvalue weighted by Crippen LogP contribution is 2.04. The number of benzene rings is 1. The SMILES string of the molecule is CN(C)CC(=S)Nc1ccccc1. The molecule has 0 amide bonds. The number of nitrogens with one attached hydrogen (secondary N) is 1. The number of thiocarbonyl (C=S) groups is 1. The van der Waals surface area contributed by atoms with E-state index in [2.05, 4.69) is 5.32 Å². The summed E-state index contributed by atoms with van der Waals surface area (Å²) in [7, 11) is 4.00. The van der Waals surface area contributed by atoms with Gasteiger partial charge in [-0.05, 0) is 26.2 Å². The predicted molar refractivity (Wildman–Crippen MR) is 61.2 cm³/mol. The van der Waals surface area contributed by atoms with Crippen LogP contribution < -0.4 is 5.32 Å². The third-order valence-corrected chi connectivity index (χ3v) is 1.75. The third kappa shape index (κ3) is 4.01. The summed E-state index contributed by atoms with van der Waals surface area (Å²) in [4.78, 5) is 2.88. The van der Waals surface area contributed by atoms with Crippen molar-refractivity contribution in [2.24, 2.45) is 0 Å². The van der Waals surface area contributed by atoms with Crippen molar-refractivity contribution in [3.8, 4) is 0 Å². The van der Waals surface area contributed by atoms with Crippen LogP contribution in [0.1, 0.15) is 0 Å². The second-order valence-electron chi connectivity index (χ2n) is 3.15. The van der Waals surface area contributed by atoms with E-state index in [-0.39, 0.29) is 0 Å². The standard InChI is InChI=1S/C10H14N2S/c1-12(2)8-10(13)11-9-6-4-3-5-7-9/h3-7H,8H2,1-2H3,(H,11,13). The van der Waals surface area contributed by atoms with Crippen LogP contribution in [0.15, 0.2) is 30.3 Å². The summed E-state index contributed by atoms with van der Waals surface area (Å²) in [5, 5.41) is 3.16. The first kappa shape index (κ1) is 10.2. The van der Waals surface area contributed by atoms with Crippen LogP contribution in [-0.4, -0.2) is 30.5 Å². The molecule has 1 rings (SSSR count). The van der Waals surface area contributed by atoms with Crippen molar-refractivity contribution in [3.63, 3.8) is 0 Å². The van der Waals surface area contributed by atoms with E-state index in [1.165, 1.54) is 0 Å². The Morgan fingerprint density at radius 2 is 1.92 bits per heavy atom. The summed E-state index contributed by atoms with van der Waals surface area (Å²) < 4.78 is 0. The molecule has 0 bridgehead atoms. The highest BCUT2D eigenvalue weighted by Gasteiger charge is 1.97. The molecule has 1 N–H and O–H groups in total. The molecule has 0 saturated heterocycles. The van der Waals surface area contributed by atoms with Gasteiger partial charge in [-0.2, -0.15) is 0 Å². The molecule has 0 spiro atoms. The van der Waals surface area contributed by atoms with E-state index in [1.54, 1.807) is 0 Å². The van der Waals surface area contributed by atoms with E-state index >= 15 is 0 Å². The molecule has 0 atom stereocenters. The number of likely N-dealkylation sites (N-methyl/N-ethyl adjacent to an activating group) is 1. The lowest BCUT2D eigenvalue weighted by Crippen LogP contribution is -2.25. The first-order valence-electron chi connectivity index (χ1n) is 4.18. The van der Waals surface area contributed by atoms with Crippen molar-refractivity contribution in [1.82, 2.24) is 4.90 Å². The lowest BCUT2D eigenvalue weighted by molar-refractivity contribution is 0.472. The normalized spacial score (nSPS) is 10.1. The summed E-state index contributed by atoms with van der Waals surface area (Å²) in [6.07, 6.45) is 0. The maximum absolute atomic E-state index is 5.16. The summed E-state index contributed by atoms with van der Waals surface area (Å²) in [6, 6.07) is 9.96. The summed E-state index contributed by atoms with van der Waals surface area (Å²) in [5.41, 5.74) is 1.05. The maximum Gasteiger partial charge on any atom is 0.0939 e. The van der Waals surface area contributed by atoms with E-state index in [4.69, 9.17) is 12.2 Å². The van der Waals surface area contributed by atoms with Gasteiger partial charge in [-0.3, -0.25) is 0 Å². The van der Waals surface area contributed by atoms with Gasteiger partial charge in [0.1, 0.15) is 0 Å². The molecule has 70 valence electrons. The zero-order valence-electron chi connectivity index (χ0n) is 7.95. The minimum atomic E-state index is 0.782. The first-order valence-corrected chi connectivity index (χ1v) is 4.59. The molecule has 0 unspecified atom stereocenters. The third-order valence-electron chi connectivity index (χ3n) is 1.52. The van der Waals surface area contributed by atoms with Crippen molar-refractivity contribution in [1.29, 1.82) is 0 Å². The molecule has 0 saturated carbocycles. The smallest absolute Gasteiger partial charge is 0.0939 e. The monoisotopic (exact) mass is 194 g/mol. The van der Waals surface area contributed by atoms with Crippen LogP contribution in [0.3, 0.4) is 0 Å². The number of nitrogens with zero attached hydrogens (tertiary/aromatic N) is 1. The average molecular weight is 194 g/mol. The second-order valence-corrected chi connectivity index (χ2v) is 3.64. The number of anilines is 1. The lowest BCUT2D eigenvalue weighted by atomic mass is 10.3. The zero-order valence-corrected chi connectivity index (χ0v) is 8.77. The summed E-state index contributed by atoms with van der Waals surface area (Å²) >= 11 is 5.16. The van der Waals surface area contributed by atoms with Crippen LogP contribution >= 0.6 is 12.2 Å². The minimum absolute atomic E-state index is 0.782. The Hall–Kier alpha value is -0.930. The maximum atomic E-state index is 5.16. The Kier molecular flexibility index (Phi) is 3.86. The highest BCUT2D eigenvalue weighted by atomic mass is 32.1. The molecule has 13 heavy (non-hydrogen) atoms. The van der Waals surface area contributed by atoms with Gasteiger partial charge in [0.15, 0.2) is 0 Å². The number of para-hydroxylation sites is 1. The van der Waals surface area contributed by atoms with Crippen LogP contribution in [0.2, 0.25) is 0 Å². The van der Waals surface area contributed by atoms with Gasteiger partial charge in [0.2, 0.25) is 0 Å². The zero-order chi connectivity index (χ0) is 9.68. The fourth-order valence-electron chi connectivity index (χ4n) is 1.01. The molecule has 0 aliphatic rings. The average Bonchev–Trinajstić information content (AvgIpc) is 2.04. The van der Waals surface area contributed by atoms with Crippen molar-refractivity contribution in [3.05, 3.63) is 30.3 Å². The first-order chi connectivity index (χ1) is 6.18. The van der Waals surface area contributed by atoms with E-state index in [0.29, 0.717) is 0 Å². The van der Waals surface area contributed by atoms with Gasteiger partial charge >= 0.3 is 0 Å². The van der Waals surface area contributed by atoms with Gasteiger partial charge in [-0.1, -0.05) is 30.4 Å². The van der Waals surface area contributed by atoms with Crippen molar-refractivity contribution < 1.29 is 0 Å². The molecule has 0 aliphatic carbocycles. The van der Waals surface area contributed by atoms with Gasteiger partial charge in [0, 0.05) is 12.2 Å². The van der Waals surface area contributed by atoms with E-state index < -0.39 is 0 Å². The van der Waals surface area contributed by atoms with Gasteiger partial charge in [-0.25, -0.2) is 0 Å². The topological polar surface area (TPSA) is 15.3 Å². The van der Waals surface area contributed by atoms with Gasteiger partial charge in [0.25, 0.3) is 0 Å². The Morgan fingerprint density at radius 3 is 2.46 bits per heavy atom. The van der Waals surface area contributed by atoms with Crippen molar-refractivity contribution >= 4 is 22.9 Å². The van der Waals surface area contributed by atoms with Gasteiger partial charge in [0.05, 0.1) is 4.99 Å². The number of rotatable bonds is 3. The molecular weight excluding hydrogens is 180 g/mol. The Morgan fingerprint density at radius 1 is 1.31 bits per heavy atom. The van der Waals surface area contributed by atoms with Crippen LogP contribution in [0, 0.1) is 0 Å². The Balaban J connectivity index is 2.46. The molecule has 3 heteroatoms. The highest BCUT2D eigenvalue weighted by molar-refractivity contribution is 7.80. The Labute approximate surface area is 84.6 Å². The quantitative estimate of drug-likeness (QED) is 0.741. The molecule has 0 fully saturated rings. The molecule has 2 nitrogen and oxygen atoms in total. The van der Waals surface area contributed by atoms with Crippen LogP contribution in [0.25, 0.3) is 0 Å². The largest absolute Gasteiger partial charge is 0.349 e. The molecular formula is C10H14N2S. The van der Waals surface area contributed by atoms with E-state index in [0.717, 1.165) is 17.2 Å². The Bertz CT molecular complexity index is 270. The molecule has 1 aromatic rings. The van der Waals surface area contributed by atoms with E-state index in [1.807, 2.05) is 49.3 Å².